The Morgan fingerprint density at radius 2 is 2.15 bits per heavy atom. The Kier molecular flexibility index (Phi) is 1.89. The van der Waals surface area contributed by atoms with Gasteiger partial charge in [-0.25, -0.2) is 0 Å². The Balaban J connectivity index is 0.000000980. The highest BCUT2D eigenvalue weighted by molar-refractivity contribution is 5.64. The van der Waals surface area contributed by atoms with Gasteiger partial charge in [0.15, 0.2) is 5.43 Å². The van der Waals surface area contributed by atoms with Gasteiger partial charge in [-0.05, 0) is 12.0 Å². The van der Waals surface area contributed by atoms with E-state index in [2.05, 4.69) is 18.0 Å². The minimum Gasteiger partial charge on any atom is -0.361 e. The fourth-order valence-corrected chi connectivity index (χ4v) is 1.38. The molecule has 1 atom stereocenters. The van der Waals surface area contributed by atoms with Crippen LogP contribution in [-0.2, 0) is 0 Å². The zero-order valence-electron chi connectivity index (χ0n) is 7.45. The summed E-state index contributed by atoms with van der Waals surface area (Å²) in [6, 6.07) is 1.55. The average molecular weight is 175 g/mol. The third-order valence-corrected chi connectivity index (χ3v) is 2.16. The number of hydrogen-bond donors (Lipinski definition) is 1. The second kappa shape index (κ2) is 3.05. The molecular formula is C11H13NO. The van der Waals surface area contributed by atoms with Crippen LogP contribution in [0.5, 0.6) is 0 Å². The van der Waals surface area contributed by atoms with Crippen molar-refractivity contribution in [3.8, 4) is 0 Å². The summed E-state index contributed by atoms with van der Waals surface area (Å²) in [4.78, 5) is 14.5. The Morgan fingerprint density at radius 3 is 3.00 bits per heavy atom. The van der Waals surface area contributed by atoms with Crippen LogP contribution in [0.2, 0.25) is 0 Å². The van der Waals surface area contributed by atoms with Crippen LogP contribution in [0.25, 0.3) is 12.2 Å². The molecule has 2 heteroatoms. The van der Waals surface area contributed by atoms with Crippen LogP contribution in [0, 0.1) is 5.92 Å². The van der Waals surface area contributed by atoms with Gasteiger partial charge >= 0.3 is 0 Å². The van der Waals surface area contributed by atoms with E-state index in [9.17, 15) is 4.79 Å². The summed E-state index contributed by atoms with van der Waals surface area (Å²) in [5.74, 6) is 0.389. The van der Waals surface area contributed by atoms with Crippen LogP contribution in [0.15, 0.2) is 29.2 Å². The highest BCUT2D eigenvalue weighted by Crippen LogP contribution is 2.14. The molecule has 1 aliphatic carbocycles. The molecule has 68 valence electrons. The molecule has 0 aromatic carbocycles. The average Bonchev–Trinajstić information content (AvgIpc) is 2.30. The third-order valence-electron chi connectivity index (χ3n) is 2.16. The molecular weight excluding hydrogens is 162 g/mol. The highest BCUT2D eigenvalue weighted by atomic mass is 16.1. The lowest BCUT2D eigenvalue weighted by Gasteiger charge is -1.96. The molecule has 1 aromatic heterocycles. The number of aromatic nitrogens is 1. The summed E-state index contributed by atoms with van der Waals surface area (Å²) < 4.78 is 0. The fraction of sp³-hybridized carbons (Fsp3) is 0.182. The number of hydrogen-bond acceptors (Lipinski definition) is 1. The topological polar surface area (TPSA) is 32.9 Å². The van der Waals surface area contributed by atoms with E-state index in [0.29, 0.717) is 5.92 Å². The molecule has 1 unspecified atom stereocenters. The quantitative estimate of drug-likeness (QED) is 0.644. The monoisotopic (exact) mass is 175 g/mol. The van der Waals surface area contributed by atoms with E-state index in [1.54, 1.807) is 12.3 Å². The van der Waals surface area contributed by atoms with Crippen molar-refractivity contribution in [1.29, 1.82) is 0 Å². The van der Waals surface area contributed by atoms with Gasteiger partial charge in [-0.2, -0.15) is 0 Å². The van der Waals surface area contributed by atoms with Crippen molar-refractivity contribution < 1.29 is 1.43 Å². The van der Waals surface area contributed by atoms with Gasteiger partial charge in [-0.1, -0.05) is 25.2 Å². The molecule has 0 saturated heterocycles. The Bertz CT molecular complexity index is 431. The molecule has 2 rings (SSSR count). The van der Waals surface area contributed by atoms with Gasteiger partial charge < -0.3 is 4.98 Å². The van der Waals surface area contributed by atoms with Gasteiger partial charge in [-0.3, -0.25) is 4.79 Å². The maximum Gasteiger partial charge on any atom is 0.189 e. The molecule has 0 aliphatic heterocycles. The van der Waals surface area contributed by atoms with E-state index < -0.39 is 0 Å². The van der Waals surface area contributed by atoms with Gasteiger partial charge in [-0.15, -0.1) is 0 Å². The van der Waals surface area contributed by atoms with E-state index in [1.807, 2.05) is 18.2 Å². The number of rotatable bonds is 0. The summed E-state index contributed by atoms with van der Waals surface area (Å²) in [6.45, 7) is 2.09. The number of pyridine rings is 1. The zero-order valence-corrected chi connectivity index (χ0v) is 7.45. The molecule has 1 heterocycles. The van der Waals surface area contributed by atoms with E-state index in [-0.39, 0.29) is 6.86 Å². The Labute approximate surface area is 78.1 Å². The number of aromatic amines is 1. The minimum atomic E-state index is 0. The molecule has 1 aromatic rings. The maximum absolute atomic E-state index is 11.4. The lowest BCUT2D eigenvalue weighted by atomic mass is 10.1. The van der Waals surface area contributed by atoms with Crippen molar-refractivity contribution >= 4 is 12.2 Å². The molecule has 2 nitrogen and oxygen atoms in total. The maximum atomic E-state index is 11.4. The molecule has 0 radical (unpaired) electrons. The number of fused-ring (bicyclic) bond motifs is 1. The molecule has 0 spiro atoms. The van der Waals surface area contributed by atoms with Gasteiger partial charge in [0.25, 0.3) is 0 Å². The van der Waals surface area contributed by atoms with Crippen molar-refractivity contribution in [2.75, 3.05) is 0 Å². The van der Waals surface area contributed by atoms with Crippen LogP contribution >= 0.6 is 0 Å². The normalized spacial score (nSPS) is 19.6. The zero-order chi connectivity index (χ0) is 9.26. The van der Waals surface area contributed by atoms with Crippen molar-refractivity contribution in [3.63, 3.8) is 0 Å². The number of nitrogens with one attached hydrogen (secondary N) is 1. The SMILES string of the molecule is CC1C=Cc2[nH]ccc(=O)c2C=C1.[HH]. The van der Waals surface area contributed by atoms with Gasteiger partial charge in [0, 0.05) is 24.9 Å². The van der Waals surface area contributed by atoms with E-state index in [0.717, 1.165) is 11.3 Å². The van der Waals surface area contributed by atoms with E-state index >= 15 is 0 Å². The highest BCUT2D eigenvalue weighted by Gasteiger charge is 2.04. The fourth-order valence-electron chi connectivity index (χ4n) is 1.38. The molecule has 13 heavy (non-hydrogen) atoms. The van der Waals surface area contributed by atoms with Gasteiger partial charge in [0.1, 0.15) is 0 Å². The molecule has 0 saturated carbocycles. The predicted octanol–water partition coefficient (Wildman–Crippen LogP) is 2.30. The molecule has 0 amide bonds. The second-order valence-corrected chi connectivity index (χ2v) is 3.25. The van der Waals surface area contributed by atoms with Gasteiger partial charge in [0.2, 0.25) is 0 Å². The number of H-pyrrole nitrogens is 1. The van der Waals surface area contributed by atoms with Crippen LogP contribution in [0.1, 0.15) is 19.6 Å². The van der Waals surface area contributed by atoms with Crippen molar-refractivity contribution in [1.82, 2.24) is 4.98 Å². The van der Waals surface area contributed by atoms with E-state index in [4.69, 9.17) is 0 Å². The first kappa shape index (κ1) is 8.05. The van der Waals surface area contributed by atoms with Crippen LogP contribution in [-0.4, -0.2) is 4.98 Å². The first-order valence-corrected chi connectivity index (χ1v) is 4.35. The molecule has 0 fully saturated rings. The van der Waals surface area contributed by atoms with Crippen LogP contribution in [0.4, 0.5) is 0 Å². The Hall–Kier alpha value is -1.57. The first-order valence-electron chi connectivity index (χ1n) is 4.35. The predicted molar refractivity (Wildman–Crippen MR) is 56.4 cm³/mol. The summed E-state index contributed by atoms with van der Waals surface area (Å²) in [6.07, 6.45) is 9.62. The lowest BCUT2D eigenvalue weighted by Crippen LogP contribution is -2.05. The Morgan fingerprint density at radius 1 is 1.38 bits per heavy atom. The first-order chi connectivity index (χ1) is 6.27. The molecule has 1 N–H and O–H groups in total. The smallest absolute Gasteiger partial charge is 0.189 e. The van der Waals surface area contributed by atoms with Crippen molar-refractivity contribution in [2.24, 2.45) is 5.92 Å². The summed E-state index contributed by atoms with van der Waals surface area (Å²) >= 11 is 0. The van der Waals surface area contributed by atoms with Crippen molar-refractivity contribution in [2.45, 2.75) is 6.92 Å². The van der Waals surface area contributed by atoms with Gasteiger partial charge in [0.05, 0.1) is 0 Å². The molecule has 0 bridgehead atoms. The van der Waals surface area contributed by atoms with Crippen LogP contribution < -0.4 is 5.43 Å². The standard InChI is InChI=1S/C11H11NO.H2/c1-8-2-4-9-10(5-3-8)12-7-6-11(9)13;/h2-8H,1H3,(H,12,13);1H. The number of allylic oxidation sites excluding steroid dienone is 2. The summed E-state index contributed by atoms with van der Waals surface area (Å²) in [5, 5.41) is 0. The summed E-state index contributed by atoms with van der Waals surface area (Å²) in [7, 11) is 0. The minimum absolute atomic E-state index is 0. The van der Waals surface area contributed by atoms with Crippen molar-refractivity contribution in [3.05, 3.63) is 45.9 Å². The lowest BCUT2D eigenvalue weighted by molar-refractivity contribution is 0.953. The van der Waals surface area contributed by atoms with E-state index in [1.165, 1.54) is 0 Å². The third kappa shape index (κ3) is 1.47. The van der Waals surface area contributed by atoms with Crippen LogP contribution in [0.3, 0.4) is 0 Å². The largest absolute Gasteiger partial charge is 0.361 e. The second-order valence-electron chi connectivity index (χ2n) is 3.25. The molecule has 1 aliphatic rings. The summed E-state index contributed by atoms with van der Waals surface area (Å²) in [5.41, 5.74) is 1.72.